The van der Waals surface area contributed by atoms with Crippen LogP contribution in [-0.4, -0.2) is 23.3 Å². The van der Waals surface area contributed by atoms with Gasteiger partial charge in [0, 0.05) is 0 Å². The van der Waals surface area contributed by atoms with Gasteiger partial charge in [0.2, 0.25) is 0 Å². The van der Waals surface area contributed by atoms with Gasteiger partial charge in [-0.15, -0.1) is 0 Å². The van der Waals surface area contributed by atoms with E-state index in [1.807, 2.05) is 20.8 Å². The van der Waals surface area contributed by atoms with Gasteiger partial charge in [0.15, 0.2) is 0 Å². The molecule has 0 atom stereocenters. The van der Waals surface area contributed by atoms with Crippen molar-refractivity contribution in [3.05, 3.63) is 11.1 Å². The molecule has 1 aliphatic heterocycles. The van der Waals surface area contributed by atoms with Crippen LogP contribution in [0.5, 0.6) is 0 Å². The number of carbonyl (C=O) groups is 1. The molecule has 1 N–H and O–H groups in total. The lowest BCUT2D eigenvalue weighted by Gasteiger charge is -2.20. The molecule has 1 aliphatic rings. The quantitative estimate of drug-likeness (QED) is 0.629. The Hall–Kier alpha value is -0.830. The summed E-state index contributed by atoms with van der Waals surface area (Å²) in [6.07, 6.45) is 0.745. The van der Waals surface area contributed by atoms with Gasteiger partial charge in [-0.3, -0.25) is 0 Å². The molecule has 3 heteroatoms. The average Bonchev–Trinajstić information content (AvgIpc) is 2.18. The fraction of sp³-hybridized carbons (Fsp3) is 0.667. The third-order valence-electron chi connectivity index (χ3n) is 2.20. The van der Waals surface area contributed by atoms with E-state index in [1.54, 1.807) is 0 Å². The highest BCUT2D eigenvalue weighted by molar-refractivity contribution is 5.93. The summed E-state index contributed by atoms with van der Waals surface area (Å²) in [4.78, 5) is 11.2. The van der Waals surface area contributed by atoms with Crippen molar-refractivity contribution in [2.75, 3.05) is 6.61 Å². The van der Waals surface area contributed by atoms with Crippen LogP contribution in [0.25, 0.3) is 0 Å². The topological polar surface area (TPSA) is 46.5 Å². The Kier molecular flexibility index (Phi) is 2.24. The van der Waals surface area contributed by atoms with Crippen molar-refractivity contribution in [2.24, 2.45) is 0 Å². The Morgan fingerprint density at radius 1 is 1.50 bits per heavy atom. The first-order valence-corrected chi connectivity index (χ1v) is 4.09. The van der Waals surface area contributed by atoms with Gasteiger partial charge < -0.3 is 9.84 Å². The molecular weight excluding hydrogens is 156 g/mol. The molecule has 68 valence electrons. The van der Waals surface area contributed by atoms with Crippen LogP contribution < -0.4 is 0 Å². The summed E-state index contributed by atoms with van der Waals surface area (Å²) in [5.41, 5.74) is 0.821. The number of aliphatic hydroxyl groups excluding tert-OH is 1. The minimum absolute atomic E-state index is 0.217. The van der Waals surface area contributed by atoms with Gasteiger partial charge in [0.1, 0.15) is 5.60 Å². The highest BCUT2D eigenvalue weighted by Crippen LogP contribution is 2.33. The molecule has 0 aromatic carbocycles. The first-order valence-electron chi connectivity index (χ1n) is 4.09. The standard InChI is InChI=1S/C9H14O3/c1-4-7-6(5-10)8(11)12-9(7,2)3/h10H,4-5H2,1-3H3. The molecule has 0 radical (unpaired) electrons. The molecule has 0 aromatic rings. The Bertz CT molecular complexity index is 238. The fourth-order valence-electron chi connectivity index (χ4n) is 1.64. The average molecular weight is 170 g/mol. The van der Waals surface area contributed by atoms with E-state index in [0.717, 1.165) is 12.0 Å². The molecule has 1 rings (SSSR count). The second kappa shape index (κ2) is 2.90. The van der Waals surface area contributed by atoms with E-state index in [9.17, 15) is 4.79 Å². The number of rotatable bonds is 2. The molecule has 0 amide bonds. The summed E-state index contributed by atoms with van der Waals surface area (Å²) in [5.74, 6) is -0.376. The van der Waals surface area contributed by atoms with Crippen LogP contribution in [0.1, 0.15) is 27.2 Å². The van der Waals surface area contributed by atoms with E-state index in [-0.39, 0.29) is 12.6 Å². The van der Waals surface area contributed by atoms with E-state index < -0.39 is 5.60 Å². The lowest BCUT2D eigenvalue weighted by molar-refractivity contribution is -0.144. The lowest BCUT2D eigenvalue weighted by Crippen LogP contribution is -2.22. The minimum Gasteiger partial charge on any atom is -0.452 e. The number of cyclic esters (lactones) is 1. The predicted octanol–water partition coefficient (Wildman–Crippen LogP) is 1.02. The molecule has 0 unspecified atom stereocenters. The van der Waals surface area contributed by atoms with Crippen molar-refractivity contribution in [3.63, 3.8) is 0 Å². The number of hydrogen-bond acceptors (Lipinski definition) is 3. The number of esters is 1. The second-order valence-corrected chi connectivity index (χ2v) is 3.37. The van der Waals surface area contributed by atoms with Crippen LogP contribution in [0.2, 0.25) is 0 Å². The number of ether oxygens (including phenoxy) is 1. The summed E-state index contributed by atoms with van der Waals surface area (Å²) in [6.45, 7) is 5.42. The van der Waals surface area contributed by atoms with Crippen molar-refractivity contribution in [1.82, 2.24) is 0 Å². The molecular formula is C9H14O3. The molecule has 0 saturated heterocycles. The van der Waals surface area contributed by atoms with Gasteiger partial charge in [-0.25, -0.2) is 4.79 Å². The lowest BCUT2D eigenvalue weighted by atomic mass is 9.94. The fourth-order valence-corrected chi connectivity index (χ4v) is 1.64. The van der Waals surface area contributed by atoms with Crippen LogP contribution in [0.15, 0.2) is 11.1 Å². The highest BCUT2D eigenvalue weighted by atomic mass is 16.6. The van der Waals surface area contributed by atoms with Gasteiger partial charge in [-0.2, -0.15) is 0 Å². The Labute approximate surface area is 72.0 Å². The van der Waals surface area contributed by atoms with E-state index in [2.05, 4.69) is 0 Å². The zero-order valence-corrected chi connectivity index (χ0v) is 7.68. The summed E-state index contributed by atoms with van der Waals surface area (Å²) < 4.78 is 5.08. The maximum atomic E-state index is 11.2. The Morgan fingerprint density at radius 2 is 2.08 bits per heavy atom. The van der Waals surface area contributed by atoms with Gasteiger partial charge in [-0.1, -0.05) is 6.92 Å². The molecule has 0 fully saturated rings. The molecule has 0 aromatic heterocycles. The van der Waals surface area contributed by atoms with Crippen LogP contribution in [-0.2, 0) is 9.53 Å². The molecule has 1 heterocycles. The second-order valence-electron chi connectivity index (χ2n) is 3.37. The highest BCUT2D eigenvalue weighted by Gasteiger charge is 2.38. The molecule has 12 heavy (non-hydrogen) atoms. The smallest absolute Gasteiger partial charge is 0.337 e. The molecule has 0 saturated carbocycles. The summed E-state index contributed by atoms with van der Waals surface area (Å²) in [5, 5.41) is 8.91. The van der Waals surface area contributed by atoms with E-state index in [0.29, 0.717) is 5.57 Å². The molecule has 3 nitrogen and oxygen atoms in total. The third-order valence-corrected chi connectivity index (χ3v) is 2.20. The Balaban J connectivity index is 3.08. The summed E-state index contributed by atoms with van der Waals surface area (Å²) >= 11 is 0. The van der Waals surface area contributed by atoms with Crippen molar-refractivity contribution in [3.8, 4) is 0 Å². The zero-order valence-electron chi connectivity index (χ0n) is 7.68. The molecule has 0 bridgehead atoms. The van der Waals surface area contributed by atoms with Crippen molar-refractivity contribution >= 4 is 5.97 Å². The SMILES string of the molecule is CCC1=C(CO)C(=O)OC1(C)C. The van der Waals surface area contributed by atoms with Crippen LogP contribution in [0, 0.1) is 0 Å². The van der Waals surface area contributed by atoms with E-state index >= 15 is 0 Å². The number of carbonyl (C=O) groups excluding carboxylic acids is 1. The number of hydrogen-bond donors (Lipinski definition) is 1. The minimum atomic E-state index is -0.524. The van der Waals surface area contributed by atoms with Crippen molar-refractivity contribution in [2.45, 2.75) is 32.8 Å². The van der Waals surface area contributed by atoms with E-state index in [4.69, 9.17) is 9.84 Å². The third kappa shape index (κ3) is 1.25. The maximum Gasteiger partial charge on any atom is 0.337 e. The predicted molar refractivity (Wildman–Crippen MR) is 44.6 cm³/mol. The molecule has 0 spiro atoms. The van der Waals surface area contributed by atoms with Gasteiger partial charge in [-0.05, 0) is 25.8 Å². The monoisotopic (exact) mass is 170 g/mol. The van der Waals surface area contributed by atoms with E-state index in [1.165, 1.54) is 0 Å². The molecule has 0 aliphatic carbocycles. The zero-order chi connectivity index (χ0) is 9.35. The first kappa shape index (κ1) is 9.26. The Morgan fingerprint density at radius 3 is 2.42 bits per heavy atom. The van der Waals surface area contributed by atoms with Crippen molar-refractivity contribution in [1.29, 1.82) is 0 Å². The summed E-state index contributed by atoms with van der Waals surface area (Å²) in [7, 11) is 0. The van der Waals surface area contributed by atoms with Gasteiger partial charge >= 0.3 is 5.97 Å². The van der Waals surface area contributed by atoms with Crippen LogP contribution >= 0.6 is 0 Å². The normalized spacial score (nSPS) is 21.5. The van der Waals surface area contributed by atoms with Gasteiger partial charge in [0.25, 0.3) is 0 Å². The largest absolute Gasteiger partial charge is 0.452 e. The van der Waals surface area contributed by atoms with Crippen LogP contribution in [0.4, 0.5) is 0 Å². The van der Waals surface area contributed by atoms with Crippen LogP contribution in [0.3, 0.4) is 0 Å². The van der Waals surface area contributed by atoms with Gasteiger partial charge in [0.05, 0.1) is 12.2 Å². The first-order chi connectivity index (χ1) is 5.53. The summed E-state index contributed by atoms with van der Waals surface area (Å²) in [6, 6.07) is 0. The number of aliphatic hydroxyl groups is 1. The maximum absolute atomic E-state index is 11.2. The van der Waals surface area contributed by atoms with Crippen molar-refractivity contribution < 1.29 is 14.6 Å².